The third-order valence-corrected chi connectivity index (χ3v) is 3.49. The van der Waals surface area contributed by atoms with Gasteiger partial charge < -0.3 is 10.5 Å². The number of nitrogens with two attached hydrogens (primary N) is 1. The number of aryl methyl sites for hydroxylation is 2. The monoisotopic (exact) mass is 287 g/mol. The van der Waals surface area contributed by atoms with E-state index in [9.17, 15) is 4.39 Å². The number of rotatable bonds is 6. The Morgan fingerprint density at radius 2 is 1.90 bits per heavy atom. The van der Waals surface area contributed by atoms with E-state index in [0.29, 0.717) is 17.9 Å². The highest BCUT2D eigenvalue weighted by molar-refractivity contribution is 5.39. The second kappa shape index (κ2) is 7.23. The van der Waals surface area contributed by atoms with Gasteiger partial charge in [-0.3, -0.25) is 0 Å². The van der Waals surface area contributed by atoms with E-state index < -0.39 is 0 Å². The number of benzene rings is 2. The third kappa shape index (κ3) is 4.30. The van der Waals surface area contributed by atoms with Crippen LogP contribution in [0.25, 0.3) is 0 Å². The van der Waals surface area contributed by atoms with Crippen LogP contribution in [0.1, 0.15) is 36.1 Å². The summed E-state index contributed by atoms with van der Waals surface area (Å²) in [6.07, 6.45) is 1.88. The number of hydrogen-bond donors (Lipinski definition) is 1. The van der Waals surface area contributed by atoms with Crippen molar-refractivity contribution in [3.8, 4) is 5.75 Å². The average Bonchev–Trinajstić information content (AvgIpc) is 2.47. The quantitative estimate of drug-likeness (QED) is 0.809. The van der Waals surface area contributed by atoms with Gasteiger partial charge in [0.2, 0.25) is 0 Å². The molecule has 2 rings (SSSR count). The molecule has 0 aromatic heterocycles. The van der Waals surface area contributed by atoms with E-state index in [2.05, 4.69) is 12.1 Å². The van der Waals surface area contributed by atoms with Crippen LogP contribution in [-0.4, -0.2) is 6.61 Å². The maximum atomic E-state index is 13.6. The standard InChI is InChI=1S/C18H22FNO/c1-13-11-18(16(14(2)20)12-17(13)19)21-10-6-9-15-7-4-3-5-8-15/h3-5,7-8,11-12,14H,6,9-10,20H2,1-2H3. The highest BCUT2D eigenvalue weighted by Crippen LogP contribution is 2.27. The van der Waals surface area contributed by atoms with Crippen LogP contribution in [0.4, 0.5) is 4.39 Å². The maximum absolute atomic E-state index is 13.6. The Morgan fingerprint density at radius 1 is 1.19 bits per heavy atom. The van der Waals surface area contributed by atoms with Gasteiger partial charge in [0.05, 0.1) is 6.61 Å². The first-order valence-electron chi connectivity index (χ1n) is 7.30. The molecule has 0 heterocycles. The van der Waals surface area contributed by atoms with E-state index in [1.807, 2.05) is 25.1 Å². The lowest BCUT2D eigenvalue weighted by Crippen LogP contribution is -2.10. The zero-order chi connectivity index (χ0) is 15.2. The molecule has 2 N–H and O–H groups in total. The minimum absolute atomic E-state index is 0.237. The van der Waals surface area contributed by atoms with Crippen molar-refractivity contribution in [3.63, 3.8) is 0 Å². The summed E-state index contributed by atoms with van der Waals surface area (Å²) in [5.74, 6) is 0.455. The molecule has 0 saturated heterocycles. The van der Waals surface area contributed by atoms with Crippen molar-refractivity contribution in [2.75, 3.05) is 6.61 Å². The molecule has 2 aromatic rings. The predicted molar refractivity (Wildman–Crippen MR) is 84.0 cm³/mol. The van der Waals surface area contributed by atoms with Crippen LogP contribution >= 0.6 is 0 Å². The Balaban J connectivity index is 1.95. The Labute approximate surface area is 125 Å². The van der Waals surface area contributed by atoms with E-state index in [0.717, 1.165) is 18.4 Å². The van der Waals surface area contributed by atoms with E-state index >= 15 is 0 Å². The Hall–Kier alpha value is -1.87. The van der Waals surface area contributed by atoms with E-state index in [1.54, 1.807) is 13.0 Å². The van der Waals surface area contributed by atoms with Gasteiger partial charge in [0.25, 0.3) is 0 Å². The van der Waals surface area contributed by atoms with Crippen molar-refractivity contribution in [2.24, 2.45) is 5.73 Å². The van der Waals surface area contributed by atoms with Crippen LogP contribution in [-0.2, 0) is 6.42 Å². The van der Waals surface area contributed by atoms with E-state index in [4.69, 9.17) is 10.5 Å². The minimum atomic E-state index is -0.246. The van der Waals surface area contributed by atoms with Crippen molar-refractivity contribution >= 4 is 0 Å². The fourth-order valence-electron chi connectivity index (χ4n) is 2.25. The van der Waals surface area contributed by atoms with Gasteiger partial charge in [-0.15, -0.1) is 0 Å². The first-order valence-corrected chi connectivity index (χ1v) is 7.30. The second-order valence-corrected chi connectivity index (χ2v) is 5.37. The lowest BCUT2D eigenvalue weighted by Gasteiger charge is -2.15. The first kappa shape index (κ1) is 15.5. The predicted octanol–water partition coefficient (Wildman–Crippen LogP) is 4.17. The highest BCUT2D eigenvalue weighted by atomic mass is 19.1. The lowest BCUT2D eigenvalue weighted by molar-refractivity contribution is 0.305. The molecule has 0 aliphatic heterocycles. The molecule has 0 fully saturated rings. The molecule has 0 spiro atoms. The third-order valence-electron chi connectivity index (χ3n) is 3.49. The molecule has 2 aromatic carbocycles. The Morgan fingerprint density at radius 3 is 2.57 bits per heavy atom. The number of hydrogen-bond acceptors (Lipinski definition) is 2. The van der Waals surface area contributed by atoms with Gasteiger partial charge in [0.15, 0.2) is 0 Å². The molecule has 0 aliphatic rings. The summed E-state index contributed by atoms with van der Waals surface area (Å²) >= 11 is 0. The van der Waals surface area contributed by atoms with Gasteiger partial charge >= 0.3 is 0 Å². The smallest absolute Gasteiger partial charge is 0.126 e. The van der Waals surface area contributed by atoms with E-state index in [-0.39, 0.29) is 11.9 Å². The van der Waals surface area contributed by atoms with Crippen LogP contribution in [0, 0.1) is 12.7 Å². The van der Waals surface area contributed by atoms with E-state index in [1.165, 1.54) is 11.6 Å². The van der Waals surface area contributed by atoms with Crippen molar-refractivity contribution in [3.05, 3.63) is 65.0 Å². The number of halogens is 1. The molecule has 0 bridgehead atoms. The zero-order valence-corrected chi connectivity index (χ0v) is 12.6. The summed E-state index contributed by atoms with van der Waals surface area (Å²) in [7, 11) is 0. The fourth-order valence-corrected chi connectivity index (χ4v) is 2.25. The van der Waals surface area contributed by atoms with Gasteiger partial charge in [-0.2, -0.15) is 0 Å². The SMILES string of the molecule is Cc1cc(OCCCc2ccccc2)c(C(C)N)cc1F. The molecule has 112 valence electrons. The minimum Gasteiger partial charge on any atom is -0.493 e. The topological polar surface area (TPSA) is 35.2 Å². The molecular weight excluding hydrogens is 265 g/mol. The summed E-state index contributed by atoms with van der Waals surface area (Å²) in [6.45, 7) is 4.16. The first-order chi connectivity index (χ1) is 10.1. The summed E-state index contributed by atoms with van der Waals surface area (Å²) in [6, 6.07) is 13.3. The van der Waals surface area contributed by atoms with Gasteiger partial charge in [-0.1, -0.05) is 30.3 Å². The normalized spacial score (nSPS) is 12.2. The van der Waals surface area contributed by atoms with Crippen molar-refractivity contribution in [1.82, 2.24) is 0 Å². The van der Waals surface area contributed by atoms with Gasteiger partial charge in [0.1, 0.15) is 11.6 Å². The molecule has 0 aliphatic carbocycles. The molecule has 3 heteroatoms. The van der Waals surface area contributed by atoms with Crippen molar-refractivity contribution in [2.45, 2.75) is 32.7 Å². The fraction of sp³-hybridized carbons (Fsp3) is 0.333. The van der Waals surface area contributed by atoms with Crippen LogP contribution < -0.4 is 10.5 Å². The van der Waals surface area contributed by atoms with Gasteiger partial charge in [0, 0.05) is 11.6 Å². The Kier molecular flexibility index (Phi) is 5.34. The lowest BCUT2D eigenvalue weighted by atomic mass is 10.0. The molecule has 21 heavy (non-hydrogen) atoms. The summed E-state index contributed by atoms with van der Waals surface area (Å²) in [5.41, 5.74) is 8.48. The number of ether oxygens (including phenoxy) is 1. The molecular formula is C18H22FNO. The second-order valence-electron chi connectivity index (χ2n) is 5.37. The Bertz CT molecular complexity index is 581. The summed E-state index contributed by atoms with van der Waals surface area (Å²) < 4.78 is 19.4. The molecule has 0 amide bonds. The molecule has 2 nitrogen and oxygen atoms in total. The van der Waals surface area contributed by atoms with Crippen LogP contribution in [0.3, 0.4) is 0 Å². The maximum Gasteiger partial charge on any atom is 0.126 e. The summed E-state index contributed by atoms with van der Waals surface area (Å²) in [4.78, 5) is 0. The summed E-state index contributed by atoms with van der Waals surface area (Å²) in [5, 5.41) is 0. The van der Waals surface area contributed by atoms with Gasteiger partial charge in [-0.25, -0.2) is 4.39 Å². The van der Waals surface area contributed by atoms with Crippen LogP contribution in [0.15, 0.2) is 42.5 Å². The van der Waals surface area contributed by atoms with Crippen LogP contribution in [0.2, 0.25) is 0 Å². The molecule has 1 unspecified atom stereocenters. The molecule has 0 radical (unpaired) electrons. The average molecular weight is 287 g/mol. The van der Waals surface area contributed by atoms with Crippen LogP contribution in [0.5, 0.6) is 5.75 Å². The molecule has 0 saturated carbocycles. The van der Waals surface area contributed by atoms with Gasteiger partial charge in [-0.05, 0) is 49.9 Å². The van der Waals surface area contributed by atoms with Crippen molar-refractivity contribution in [1.29, 1.82) is 0 Å². The highest BCUT2D eigenvalue weighted by Gasteiger charge is 2.12. The zero-order valence-electron chi connectivity index (χ0n) is 12.6. The largest absolute Gasteiger partial charge is 0.493 e. The molecule has 1 atom stereocenters. The van der Waals surface area contributed by atoms with Crippen molar-refractivity contribution < 1.29 is 9.13 Å².